The van der Waals surface area contributed by atoms with Crippen molar-refractivity contribution in [2.45, 2.75) is 18.5 Å². The zero-order valence-electron chi connectivity index (χ0n) is 15.9. The lowest BCUT2D eigenvalue weighted by Gasteiger charge is -2.38. The van der Waals surface area contributed by atoms with Gasteiger partial charge in [0.2, 0.25) is 11.8 Å². The zero-order chi connectivity index (χ0) is 20.1. The third kappa shape index (κ3) is 4.20. The molecule has 3 aromatic rings. The predicted octanol–water partition coefficient (Wildman–Crippen LogP) is 3.08. The van der Waals surface area contributed by atoms with Gasteiger partial charge in [-0.1, -0.05) is 91.0 Å². The molecule has 5 nitrogen and oxygen atoms in total. The molecule has 0 spiro atoms. The van der Waals surface area contributed by atoms with Crippen molar-refractivity contribution in [1.82, 2.24) is 16.2 Å². The average Bonchev–Trinajstić information content (AvgIpc) is 2.79. The SMILES string of the molecule is O=C(NCc1ccccc1)C1C(=O)NNC(c2ccccc2)C1c1ccccc1. The van der Waals surface area contributed by atoms with Crippen LogP contribution in [0.3, 0.4) is 0 Å². The summed E-state index contributed by atoms with van der Waals surface area (Å²) in [7, 11) is 0. The Hall–Kier alpha value is -3.44. The van der Waals surface area contributed by atoms with Gasteiger partial charge in [-0.25, -0.2) is 5.43 Å². The highest BCUT2D eigenvalue weighted by atomic mass is 16.2. The number of benzene rings is 3. The first-order valence-corrected chi connectivity index (χ1v) is 9.71. The van der Waals surface area contributed by atoms with Crippen LogP contribution in [0.15, 0.2) is 91.0 Å². The molecule has 1 heterocycles. The van der Waals surface area contributed by atoms with Gasteiger partial charge in [-0.2, -0.15) is 0 Å². The molecule has 29 heavy (non-hydrogen) atoms. The molecule has 3 aromatic carbocycles. The van der Waals surface area contributed by atoms with Crippen LogP contribution in [-0.2, 0) is 16.1 Å². The van der Waals surface area contributed by atoms with Crippen LogP contribution in [0.5, 0.6) is 0 Å². The number of nitrogens with one attached hydrogen (secondary N) is 3. The smallest absolute Gasteiger partial charge is 0.247 e. The number of carbonyl (C=O) groups excluding carboxylic acids is 2. The number of amides is 2. The number of hydrazine groups is 1. The molecule has 3 unspecified atom stereocenters. The maximum Gasteiger partial charge on any atom is 0.247 e. The number of hydrogen-bond donors (Lipinski definition) is 3. The van der Waals surface area contributed by atoms with Gasteiger partial charge in [-0.05, 0) is 16.7 Å². The Kier molecular flexibility index (Phi) is 5.68. The second-order valence-electron chi connectivity index (χ2n) is 7.14. The highest BCUT2D eigenvalue weighted by molar-refractivity contribution is 6.01. The summed E-state index contributed by atoms with van der Waals surface area (Å²) in [5.74, 6) is -1.77. The second-order valence-corrected chi connectivity index (χ2v) is 7.14. The van der Waals surface area contributed by atoms with Crippen LogP contribution in [-0.4, -0.2) is 11.8 Å². The Morgan fingerprint density at radius 3 is 1.97 bits per heavy atom. The monoisotopic (exact) mass is 385 g/mol. The van der Waals surface area contributed by atoms with Crippen molar-refractivity contribution in [3.8, 4) is 0 Å². The third-order valence-corrected chi connectivity index (χ3v) is 5.29. The maximum absolute atomic E-state index is 13.1. The van der Waals surface area contributed by atoms with E-state index in [-0.39, 0.29) is 23.8 Å². The molecule has 2 amide bonds. The molecule has 146 valence electrons. The first-order valence-electron chi connectivity index (χ1n) is 9.71. The summed E-state index contributed by atoms with van der Waals surface area (Å²) < 4.78 is 0. The van der Waals surface area contributed by atoms with Gasteiger partial charge in [0.15, 0.2) is 0 Å². The van der Waals surface area contributed by atoms with Crippen molar-refractivity contribution in [2.75, 3.05) is 0 Å². The van der Waals surface area contributed by atoms with E-state index in [2.05, 4.69) is 16.2 Å². The first-order chi connectivity index (χ1) is 14.2. The Morgan fingerprint density at radius 1 is 0.793 bits per heavy atom. The van der Waals surface area contributed by atoms with Crippen LogP contribution < -0.4 is 16.2 Å². The van der Waals surface area contributed by atoms with E-state index in [0.717, 1.165) is 16.7 Å². The van der Waals surface area contributed by atoms with Gasteiger partial charge >= 0.3 is 0 Å². The van der Waals surface area contributed by atoms with Gasteiger partial charge in [0.05, 0.1) is 6.04 Å². The lowest BCUT2D eigenvalue weighted by Crippen LogP contribution is -2.57. The molecular weight excluding hydrogens is 362 g/mol. The molecule has 0 saturated carbocycles. The van der Waals surface area contributed by atoms with Gasteiger partial charge in [-0.15, -0.1) is 0 Å². The quantitative estimate of drug-likeness (QED) is 0.591. The molecule has 1 aliphatic heterocycles. The molecule has 1 fully saturated rings. The van der Waals surface area contributed by atoms with Crippen molar-refractivity contribution in [2.24, 2.45) is 5.92 Å². The molecule has 0 bridgehead atoms. The van der Waals surface area contributed by atoms with Crippen molar-refractivity contribution in [3.05, 3.63) is 108 Å². The fraction of sp³-hybridized carbons (Fsp3) is 0.167. The fourth-order valence-electron chi connectivity index (χ4n) is 3.86. The van der Waals surface area contributed by atoms with Crippen molar-refractivity contribution >= 4 is 11.8 Å². The largest absolute Gasteiger partial charge is 0.351 e. The van der Waals surface area contributed by atoms with E-state index in [0.29, 0.717) is 6.54 Å². The van der Waals surface area contributed by atoms with E-state index in [1.165, 1.54) is 0 Å². The number of rotatable bonds is 5. The molecule has 4 rings (SSSR count). The zero-order valence-corrected chi connectivity index (χ0v) is 15.9. The van der Waals surface area contributed by atoms with Crippen LogP contribution in [0.2, 0.25) is 0 Å². The van der Waals surface area contributed by atoms with E-state index in [4.69, 9.17) is 0 Å². The third-order valence-electron chi connectivity index (χ3n) is 5.29. The molecule has 3 atom stereocenters. The van der Waals surface area contributed by atoms with Crippen LogP contribution in [0.25, 0.3) is 0 Å². The van der Waals surface area contributed by atoms with Crippen molar-refractivity contribution < 1.29 is 9.59 Å². The predicted molar refractivity (Wildman–Crippen MR) is 111 cm³/mol. The van der Waals surface area contributed by atoms with Gasteiger partial charge < -0.3 is 5.32 Å². The summed E-state index contributed by atoms with van der Waals surface area (Å²) in [6.45, 7) is 0.383. The van der Waals surface area contributed by atoms with Crippen LogP contribution in [0.4, 0.5) is 0 Å². The summed E-state index contributed by atoms with van der Waals surface area (Å²) in [4.78, 5) is 25.9. The Morgan fingerprint density at radius 2 is 1.34 bits per heavy atom. The average molecular weight is 385 g/mol. The van der Waals surface area contributed by atoms with E-state index in [1.807, 2.05) is 91.0 Å². The molecule has 1 aliphatic rings. The molecule has 0 aliphatic carbocycles. The van der Waals surface area contributed by atoms with E-state index < -0.39 is 5.92 Å². The summed E-state index contributed by atoms with van der Waals surface area (Å²) >= 11 is 0. The van der Waals surface area contributed by atoms with Crippen molar-refractivity contribution in [1.29, 1.82) is 0 Å². The molecule has 1 saturated heterocycles. The van der Waals surface area contributed by atoms with E-state index in [9.17, 15) is 9.59 Å². The highest BCUT2D eigenvalue weighted by Crippen LogP contribution is 2.39. The van der Waals surface area contributed by atoms with Crippen LogP contribution >= 0.6 is 0 Å². The van der Waals surface area contributed by atoms with Gasteiger partial charge in [0, 0.05) is 12.5 Å². The van der Waals surface area contributed by atoms with Crippen molar-refractivity contribution in [3.63, 3.8) is 0 Å². The first kappa shape index (κ1) is 18.9. The van der Waals surface area contributed by atoms with E-state index in [1.54, 1.807) is 0 Å². The lowest BCUT2D eigenvalue weighted by atomic mass is 9.76. The fourth-order valence-corrected chi connectivity index (χ4v) is 3.86. The lowest BCUT2D eigenvalue weighted by molar-refractivity contribution is -0.140. The molecule has 0 radical (unpaired) electrons. The van der Waals surface area contributed by atoms with E-state index >= 15 is 0 Å². The highest BCUT2D eigenvalue weighted by Gasteiger charge is 2.44. The maximum atomic E-state index is 13.1. The molecule has 0 aromatic heterocycles. The van der Waals surface area contributed by atoms with Gasteiger partial charge in [0.1, 0.15) is 5.92 Å². The second kappa shape index (κ2) is 8.71. The minimum atomic E-state index is -0.840. The Bertz CT molecular complexity index is 961. The Balaban J connectivity index is 1.65. The number of carbonyl (C=O) groups is 2. The van der Waals surface area contributed by atoms with Crippen LogP contribution in [0.1, 0.15) is 28.7 Å². The molecule has 5 heteroatoms. The minimum Gasteiger partial charge on any atom is -0.351 e. The molecular formula is C24H23N3O2. The normalized spacial score (nSPS) is 21.2. The summed E-state index contributed by atoms with van der Waals surface area (Å²) in [6.07, 6.45) is 0. The van der Waals surface area contributed by atoms with Gasteiger partial charge in [0.25, 0.3) is 0 Å². The Labute approximate surface area is 170 Å². The number of hydrogen-bond acceptors (Lipinski definition) is 3. The summed E-state index contributed by atoms with van der Waals surface area (Å²) in [6, 6.07) is 29.1. The summed E-state index contributed by atoms with van der Waals surface area (Å²) in [5.41, 5.74) is 8.78. The minimum absolute atomic E-state index is 0.219. The molecule has 3 N–H and O–H groups in total. The standard InChI is InChI=1S/C24H23N3O2/c28-23(25-16-17-10-4-1-5-11-17)21-20(18-12-6-2-7-13-18)22(26-27-24(21)29)19-14-8-3-9-15-19/h1-15,20-22,26H,16H2,(H,25,28)(H,27,29). The summed E-state index contributed by atoms with van der Waals surface area (Å²) in [5, 5.41) is 2.94. The van der Waals surface area contributed by atoms with Crippen LogP contribution in [0, 0.1) is 5.92 Å². The van der Waals surface area contributed by atoms with Gasteiger partial charge in [-0.3, -0.25) is 15.0 Å². The topological polar surface area (TPSA) is 70.2 Å².